The summed E-state index contributed by atoms with van der Waals surface area (Å²) in [4.78, 5) is 46.6. The fourth-order valence-corrected chi connectivity index (χ4v) is 3.88. The number of carbonyl (C=O) groups excluding carboxylic acids is 4. The molecule has 1 aliphatic rings. The fourth-order valence-electron chi connectivity index (χ4n) is 3.88. The van der Waals surface area contributed by atoms with Crippen LogP contribution < -0.4 is 127 Å². The Morgan fingerprint density at radius 3 is 2.42 bits per heavy atom. The molecule has 9 nitrogen and oxygen atoms in total. The van der Waals surface area contributed by atoms with E-state index in [2.05, 4.69) is 21.3 Å². The number of unbranched alkanes of at least 4 members (excludes halogenated alkanes) is 3. The quantitative estimate of drug-likeness (QED) is 0.119. The van der Waals surface area contributed by atoms with E-state index in [0.29, 0.717) is 38.1 Å². The molecule has 0 heterocycles. The summed E-state index contributed by atoms with van der Waals surface area (Å²) in [6.07, 6.45) is 8.38. The predicted molar refractivity (Wildman–Crippen MR) is 139 cm³/mol. The van der Waals surface area contributed by atoms with Crippen LogP contribution in [0.2, 0.25) is 0 Å². The van der Waals surface area contributed by atoms with Crippen molar-refractivity contribution >= 4 is 24.0 Å². The molecule has 0 fully saturated rings. The second kappa shape index (κ2) is 24.1. The molecule has 11 heteroatoms. The molecule has 0 spiro atoms. The zero-order valence-corrected chi connectivity index (χ0v) is 33.1. The van der Waals surface area contributed by atoms with Crippen LogP contribution in [-0.4, -0.2) is 57.4 Å². The van der Waals surface area contributed by atoms with Crippen molar-refractivity contribution in [1.82, 2.24) is 10.6 Å². The van der Waals surface area contributed by atoms with Gasteiger partial charge in [-0.05, 0) is 45.1 Å². The predicted octanol–water partition coefficient (Wildman–Crippen LogP) is -1.43. The van der Waals surface area contributed by atoms with E-state index >= 15 is 0 Å². The molecule has 0 saturated heterocycles. The van der Waals surface area contributed by atoms with Gasteiger partial charge in [-0.3, -0.25) is 9.59 Å². The Bertz CT molecular complexity index is 894. The van der Waals surface area contributed by atoms with Crippen LogP contribution in [-0.2, 0) is 20.9 Å². The normalized spacial score (nSPS) is 12.4. The van der Waals surface area contributed by atoms with Gasteiger partial charge in [0.1, 0.15) is 6.29 Å². The van der Waals surface area contributed by atoms with Crippen LogP contribution in [0.3, 0.4) is 0 Å². The molecule has 2 rings (SSSR count). The van der Waals surface area contributed by atoms with Crippen molar-refractivity contribution in [3.05, 3.63) is 57.3 Å². The summed E-state index contributed by atoms with van der Waals surface area (Å²) in [5.74, 6) is -0.298. The second-order valence-corrected chi connectivity index (χ2v) is 8.69. The molecule has 0 aromatic heterocycles. The maximum atomic E-state index is 12.8. The molecule has 0 atom stereocenters. The number of aldehydes is 1. The number of ether oxygens (including phenoxy) is 1. The molecule has 0 radical (unpaired) electrons. The van der Waals surface area contributed by atoms with Crippen LogP contribution in [0, 0.1) is 0 Å². The Kier molecular flexibility index (Phi) is 24.3. The first-order chi connectivity index (χ1) is 17.5. The summed E-state index contributed by atoms with van der Waals surface area (Å²) in [7, 11) is 1.86. The number of rotatable bonds is 17. The molecule has 0 unspecified atom stereocenters. The van der Waals surface area contributed by atoms with E-state index < -0.39 is 0 Å². The van der Waals surface area contributed by atoms with Gasteiger partial charge in [0.15, 0.2) is 11.8 Å². The number of ketones is 1. The number of nitrogens with zero attached hydrogens (tertiary/aromatic N) is 2. The summed E-state index contributed by atoms with van der Waals surface area (Å²) in [6, 6.07) is 6.87. The molecule has 0 saturated carbocycles. The van der Waals surface area contributed by atoms with Gasteiger partial charge in [-0.25, -0.2) is 0 Å². The fraction of sp³-hybridized carbons (Fsp3) is 0.556. The first kappa shape index (κ1) is 38.4. The number of carbonyl (C=O) groups is 4. The minimum absolute atomic E-state index is 0. The summed E-state index contributed by atoms with van der Waals surface area (Å²) in [6.45, 7) is 1.28. The Balaban J connectivity index is 0.00000684. The number of nitrogens with one attached hydrogen (secondary N) is 2. The molecule has 1 aromatic carbocycles. The van der Waals surface area contributed by atoms with Crippen LogP contribution in [0.15, 0.2) is 35.5 Å². The second-order valence-electron chi connectivity index (χ2n) is 8.69. The van der Waals surface area contributed by atoms with Crippen LogP contribution in [0.4, 0.5) is 4.79 Å². The van der Waals surface area contributed by atoms with Crippen LogP contribution in [0.25, 0.3) is 10.6 Å². The Morgan fingerprint density at radius 1 is 0.974 bits per heavy atom. The van der Waals surface area contributed by atoms with Crippen molar-refractivity contribution < 1.29 is 140 Å². The van der Waals surface area contributed by atoms with Crippen molar-refractivity contribution in [2.75, 3.05) is 33.4 Å². The minimum Gasteiger partial charge on any atom is -0.648 e. The van der Waals surface area contributed by atoms with E-state index in [9.17, 15) is 19.2 Å². The molecule has 3 amide bonds. The molecule has 2 N–H and O–H groups in total. The topological polar surface area (TPSA) is 130 Å². The van der Waals surface area contributed by atoms with Crippen molar-refractivity contribution in [2.45, 2.75) is 64.3 Å². The summed E-state index contributed by atoms with van der Waals surface area (Å²) >= 11 is 0. The average molecular weight is 670 g/mol. The smallest absolute Gasteiger partial charge is 0.648 e. The Morgan fingerprint density at radius 2 is 1.71 bits per heavy atom. The molecule has 198 valence electrons. The molecule has 1 aromatic rings. The molecule has 1 aliphatic carbocycles. The third-order valence-corrected chi connectivity index (χ3v) is 5.90. The number of urea groups is 1. The SMILES string of the molecule is CNC1=C(C(=O)c2ccc(C[N-]C(=O)COCCC[N-]C(=O)NCCCCCC=O)cc2)CCCC1.[Rb+].[Rb+]. The Hall–Kier alpha value is 0.410. The third kappa shape index (κ3) is 16.0. The largest absolute Gasteiger partial charge is 1.00 e. The van der Waals surface area contributed by atoms with Gasteiger partial charge in [0.05, 0.1) is 12.5 Å². The first-order valence-corrected chi connectivity index (χ1v) is 12.8. The van der Waals surface area contributed by atoms with E-state index in [0.717, 1.165) is 68.1 Å². The zero-order valence-electron chi connectivity index (χ0n) is 23.2. The van der Waals surface area contributed by atoms with Gasteiger partial charge in [0.25, 0.3) is 0 Å². The first-order valence-electron chi connectivity index (χ1n) is 12.8. The number of hydrogen-bond donors (Lipinski definition) is 2. The molecular formula is C27H38N4O5Rb2. The maximum Gasteiger partial charge on any atom is 1.00 e. The van der Waals surface area contributed by atoms with Gasteiger partial charge in [-0.15, -0.1) is 6.54 Å². The molecule has 0 aliphatic heterocycles. The van der Waals surface area contributed by atoms with Gasteiger partial charge < -0.3 is 35.6 Å². The van der Waals surface area contributed by atoms with Crippen LogP contribution in [0.1, 0.15) is 73.7 Å². The van der Waals surface area contributed by atoms with E-state index in [1.54, 1.807) is 12.1 Å². The molecule has 0 bridgehead atoms. The maximum absolute atomic E-state index is 12.8. The van der Waals surface area contributed by atoms with Gasteiger partial charge in [-0.2, -0.15) is 0 Å². The van der Waals surface area contributed by atoms with Crippen molar-refractivity contribution in [1.29, 1.82) is 0 Å². The number of hydrogen-bond acceptors (Lipinski definition) is 6. The summed E-state index contributed by atoms with van der Waals surface area (Å²) < 4.78 is 5.32. The summed E-state index contributed by atoms with van der Waals surface area (Å²) in [5.41, 5.74) is 3.39. The minimum atomic E-state index is -0.359. The van der Waals surface area contributed by atoms with Gasteiger partial charge in [0, 0.05) is 36.9 Å². The number of benzene rings is 1. The zero-order chi connectivity index (χ0) is 26.0. The third-order valence-electron chi connectivity index (χ3n) is 5.90. The van der Waals surface area contributed by atoms with Crippen LogP contribution >= 0.6 is 0 Å². The van der Waals surface area contributed by atoms with Crippen LogP contribution in [0.5, 0.6) is 0 Å². The monoisotopic (exact) mass is 668 g/mol. The Labute approximate surface area is 324 Å². The van der Waals surface area contributed by atoms with Crippen molar-refractivity contribution in [2.24, 2.45) is 0 Å². The number of Topliss-reactive ketones (excluding diaryl/α,β-unsaturated/α-hetero) is 1. The van der Waals surface area contributed by atoms with Gasteiger partial charge in [0.2, 0.25) is 0 Å². The number of allylic oxidation sites excluding steroid dienone is 2. The standard InChI is InChI=1S/C27H40N4O5.2Rb/c1-28-24-10-5-4-9-23(24)26(34)22-13-11-21(12-14-22)19-31-25(33)20-36-18-8-16-30-27(35)29-15-6-2-3-7-17-32;;/h11-14,17H,2-10,15-16,18-20H2,1H3,(H4,28,29,30,31,33,34,35);;/q;2*+1/p-2. The van der Waals surface area contributed by atoms with Crippen molar-refractivity contribution in [3.8, 4) is 0 Å². The summed E-state index contributed by atoms with van der Waals surface area (Å²) in [5, 5.41) is 13.8. The van der Waals surface area contributed by atoms with Gasteiger partial charge >= 0.3 is 116 Å². The van der Waals surface area contributed by atoms with Crippen molar-refractivity contribution in [3.63, 3.8) is 0 Å². The average Bonchev–Trinajstić information content (AvgIpc) is 2.91. The number of amides is 3. The van der Waals surface area contributed by atoms with E-state index in [4.69, 9.17) is 4.74 Å². The molecular weight excluding hydrogens is 631 g/mol. The van der Waals surface area contributed by atoms with E-state index in [1.807, 2.05) is 19.2 Å². The molecule has 38 heavy (non-hydrogen) atoms. The van der Waals surface area contributed by atoms with E-state index in [1.165, 1.54) is 0 Å². The van der Waals surface area contributed by atoms with E-state index in [-0.39, 0.29) is 147 Å². The van der Waals surface area contributed by atoms with Gasteiger partial charge in [-0.1, -0.05) is 49.2 Å².